The molecule has 1 aliphatic rings. The third-order valence-electron chi connectivity index (χ3n) is 3.28. The molecule has 4 nitrogen and oxygen atoms in total. The van der Waals surface area contributed by atoms with Crippen molar-refractivity contribution in [2.24, 2.45) is 0 Å². The predicted molar refractivity (Wildman–Crippen MR) is 69.2 cm³/mol. The molecule has 2 aromatic rings. The van der Waals surface area contributed by atoms with Gasteiger partial charge in [-0.15, -0.1) is 0 Å². The lowest BCUT2D eigenvalue weighted by Gasteiger charge is -2.09. The molecule has 0 fully saturated rings. The number of pyridine rings is 2. The molecule has 1 N–H and O–H groups in total. The largest absolute Gasteiger partial charge is 0.325 e. The fourth-order valence-corrected chi connectivity index (χ4v) is 2.25. The molecule has 1 aliphatic heterocycles. The Morgan fingerprint density at radius 1 is 1.21 bits per heavy atom. The lowest BCUT2D eigenvalue weighted by molar-refractivity contribution is -0.117. The van der Waals surface area contributed by atoms with Crippen LogP contribution >= 0.6 is 0 Å². The van der Waals surface area contributed by atoms with Crippen molar-refractivity contribution in [1.29, 1.82) is 0 Å². The highest BCUT2D eigenvalue weighted by Crippen LogP contribution is 2.36. The van der Waals surface area contributed by atoms with Crippen molar-refractivity contribution >= 4 is 11.6 Å². The molecule has 3 heterocycles. The van der Waals surface area contributed by atoms with E-state index in [-0.39, 0.29) is 5.91 Å². The van der Waals surface area contributed by atoms with Crippen LogP contribution in [-0.2, 0) is 4.79 Å². The zero-order valence-corrected chi connectivity index (χ0v) is 10.6. The zero-order valence-electron chi connectivity index (χ0n) is 10.6. The Bertz CT molecular complexity index is 684. The van der Waals surface area contributed by atoms with Crippen LogP contribution in [0.15, 0.2) is 24.5 Å². The van der Waals surface area contributed by atoms with Gasteiger partial charge in [-0.2, -0.15) is 0 Å². The minimum atomic E-state index is -0.427. The second-order valence-corrected chi connectivity index (χ2v) is 4.67. The molecule has 19 heavy (non-hydrogen) atoms. The van der Waals surface area contributed by atoms with Crippen molar-refractivity contribution in [1.82, 2.24) is 9.97 Å². The maximum absolute atomic E-state index is 13.4. The number of hydrogen-bond acceptors (Lipinski definition) is 3. The van der Waals surface area contributed by atoms with Crippen molar-refractivity contribution in [2.45, 2.75) is 19.8 Å². The fraction of sp³-hybridized carbons (Fsp3) is 0.214. The van der Waals surface area contributed by atoms with Crippen LogP contribution < -0.4 is 5.32 Å². The van der Waals surface area contributed by atoms with Crippen molar-refractivity contribution in [2.75, 3.05) is 5.32 Å². The first-order valence-corrected chi connectivity index (χ1v) is 5.99. The number of carbonyl (C=O) groups excluding carboxylic acids is 1. The average molecular weight is 257 g/mol. The third kappa shape index (κ3) is 1.87. The third-order valence-corrected chi connectivity index (χ3v) is 3.28. The van der Waals surface area contributed by atoms with Gasteiger partial charge in [-0.3, -0.25) is 14.8 Å². The Morgan fingerprint density at radius 3 is 2.79 bits per heavy atom. The topological polar surface area (TPSA) is 54.9 Å². The van der Waals surface area contributed by atoms with E-state index < -0.39 is 11.7 Å². The fourth-order valence-electron chi connectivity index (χ4n) is 2.25. The van der Waals surface area contributed by atoms with E-state index in [1.54, 1.807) is 19.2 Å². The molecule has 3 rings (SSSR count). The number of aromatic nitrogens is 2. The summed E-state index contributed by atoms with van der Waals surface area (Å²) in [5.74, 6) is -1.00. The smallest absolute Gasteiger partial charge is 0.233 e. The number of aryl methyl sites for hydroxylation is 1. The molecule has 0 spiro atoms. The molecule has 1 amide bonds. The van der Waals surface area contributed by atoms with E-state index in [0.717, 1.165) is 11.9 Å². The molecule has 2 aromatic heterocycles. The summed E-state index contributed by atoms with van der Waals surface area (Å²) >= 11 is 0. The normalized spacial score (nSPS) is 17.2. The summed E-state index contributed by atoms with van der Waals surface area (Å²) in [7, 11) is 0. The summed E-state index contributed by atoms with van der Waals surface area (Å²) in [6.07, 6.45) is 2.78. The quantitative estimate of drug-likeness (QED) is 0.789. The zero-order chi connectivity index (χ0) is 13.6. The molecule has 96 valence electrons. The number of anilines is 1. The molecule has 5 heteroatoms. The van der Waals surface area contributed by atoms with Crippen molar-refractivity contribution in [3.8, 4) is 11.1 Å². The Labute approximate surface area is 109 Å². The summed E-state index contributed by atoms with van der Waals surface area (Å²) in [5.41, 5.74) is 3.33. The highest BCUT2D eigenvalue weighted by atomic mass is 19.1. The molecule has 0 bridgehead atoms. The average Bonchev–Trinajstić information content (AvgIpc) is 2.46. The summed E-state index contributed by atoms with van der Waals surface area (Å²) in [4.78, 5) is 20.3. The number of rotatable bonds is 0. The second-order valence-electron chi connectivity index (χ2n) is 4.67. The lowest BCUT2D eigenvalue weighted by Crippen LogP contribution is -2.18. The van der Waals surface area contributed by atoms with Crippen LogP contribution in [0.3, 0.4) is 0 Å². The Kier molecular flexibility index (Phi) is 2.55. The maximum Gasteiger partial charge on any atom is 0.233 e. The first kappa shape index (κ1) is 11.8. The van der Waals surface area contributed by atoms with E-state index in [1.807, 2.05) is 6.92 Å². The van der Waals surface area contributed by atoms with Gasteiger partial charge in [0.25, 0.3) is 0 Å². The summed E-state index contributed by atoms with van der Waals surface area (Å²) in [6, 6.07) is 3.18. The molecular weight excluding hydrogens is 245 g/mol. The van der Waals surface area contributed by atoms with Crippen LogP contribution in [0.1, 0.15) is 24.2 Å². The number of nitrogens with zero attached hydrogens (tertiary/aromatic N) is 2. The number of fused-ring (bicyclic) bond motifs is 3. The van der Waals surface area contributed by atoms with Gasteiger partial charge in [-0.05, 0) is 26.0 Å². The van der Waals surface area contributed by atoms with E-state index in [0.29, 0.717) is 22.5 Å². The van der Waals surface area contributed by atoms with Crippen LogP contribution in [0.25, 0.3) is 11.1 Å². The molecule has 0 saturated carbocycles. The molecule has 0 aliphatic carbocycles. The lowest BCUT2D eigenvalue weighted by atomic mass is 9.98. The van der Waals surface area contributed by atoms with Crippen molar-refractivity contribution in [3.05, 3.63) is 41.7 Å². The van der Waals surface area contributed by atoms with Crippen molar-refractivity contribution < 1.29 is 9.18 Å². The van der Waals surface area contributed by atoms with Gasteiger partial charge in [0.15, 0.2) is 0 Å². The first-order chi connectivity index (χ1) is 9.06. The Morgan fingerprint density at radius 2 is 2.00 bits per heavy atom. The number of amides is 1. The molecule has 1 unspecified atom stereocenters. The molecule has 0 aromatic carbocycles. The van der Waals surface area contributed by atoms with Gasteiger partial charge in [-0.1, -0.05) is 0 Å². The minimum Gasteiger partial charge on any atom is -0.325 e. The van der Waals surface area contributed by atoms with Crippen LogP contribution in [0.2, 0.25) is 0 Å². The van der Waals surface area contributed by atoms with E-state index in [1.165, 1.54) is 6.07 Å². The SMILES string of the molecule is Cc1cc2c(cn1)-c1cc(F)cnc1C(C)C(=O)N2. The summed E-state index contributed by atoms with van der Waals surface area (Å²) in [5, 5.41) is 2.84. The number of halogens is 1. The molecule has 0 radical (unpaired) electrons. The van der Waals surface area contributed by atoms with Gasteiger partial charge in [0.05, 0.1) is 23.5 Å². The van der Waals surface area contributed by atoms with Gasteiger partial charge >= 0.3 is 0 Å². The summed E-state index contributed by atoms with van der Waals surface area (Å²) in [6.45, 7) is 3.59. The second kappa shape index (κ2) is 4.12. The van der Waals surface area contributed by atoms with Crippen LogP contribution in [-0.4, -0.2) is 15.9 Å². The van der Waals surface area contributed by atoms with Gasteiger partial charge in [0, 0.05) is 23.0 Å². The molecule has 0 saturated heterocycles. The molecular formula is C14H12FN3O. The van der Waals surface area contributed by atoms with Crippen LogP contribution in [0.4, 0.5) is 10.1 Å². The highest BCUT2D eigenvalue weighted by molar-refractivity contribution is 6.02. The standard InChI is InChI=1S/C14H12FN3O/c1-7-3-12-11(6-16-7)10-4-9(15)5-17-13(10)8(2)14(19)18-12/h3-6,8H,1-2H3,(H,18,19). The van der Waals surface area contributed by atoms with E-state index in [9.17, 15) is 9.18 Å². The van der Waals surface area contributed by atoms with Crippen LogP contribution in [0, 0.1) is 12.7 Å². The van der Waals surface area contributed by atoms with Gasteiger partial charge < -0.3 is 5.32 Å². The van der Waals surface area contributed by atoms with Crippen molar-refractivity contribution in [3.63, 3.8) is 0 Å². The number of nitrogens with one attached hydrogen (secondary N) is 1. The number of carbonyl (C=O) groups is 1. The Balaban J connectivity index is 2.33. The molecule has 1 atom stereocenters. The predicted octanol–water partition coefficient (Wildman–Crippen LogP) is 2.65. The minimum absolute atomic E-state index is 0.148. The number of hydrogen-bond donors (Lipinski definition) is 1. The monoisotopic (exact) mass is 257 g/mol. The van der Waals surface area contributed by atoms with Crippen LogP contribution in [0.5, 0.6) is 0 Å². The van der Waals surface area contributed by atoms with Gasteiger partial charge in [0.1, 0.15) is 5.82 Å². The van der Waals surface area contributed by atoms with E-state index >= 15 is 0 Å². The Hall–Kier alpha value is -2.30. The first-order valence-electron chi connectivity index (χ1n) is 5.99. The van der Waals surface area contributed by atoms with Gasteiger partial charge in [0.2, 0.25) is 5.91 Å². The highest BCUT2D eigenvalue weighted by Gasteiger charge is 2.27. The van der Waals surface area contributed by atoms with E-state index in [2.05, 4.69) is 15.3 Å². The van der Waals surface area contributed by atoms with E-state index in [4.69, 9.17) is 0 Å². The maximum atomic E-state index is 13.4. The summed E-state index contributed by atoms with van der Waals surface area (Å²) < 4.78 is 13.4. The van der Waals surface area contributed by atoms with Gasteiger partial charge in [-0.25, -0.2) is 4.39 Å².